The van der Waals surface area contributed by atoms with Gasteiger partial charge in [0.15, 0.2) is 6.79 Å². The molecule has 0 heterocycles. The van der Waals surface area contributed by atoms with Gasteiger partial charge in [-0.15, -0.1) is 0 Å². The lowest BCUT2D eigenvalue weighted by atomic mass is 9.84. The number of carbonyl (C=O) groups excluding carboxylic acids is 1. The van der Waals surface area contributed by atoms with Crippen molar-refractivity contribution in [3.05, 3.63) is 17.7 Å². The van der Waals surface area contributed by atoms with Crippen molar-refractivity contribution in [3.8, 4) is 11.5 Å². The number of anilines is 1. The second-order valence-electron chi connectivity index (χ2n) is 10.4. The summed E-state index contributed by atoms with van der Waals surface area (Å²) in [6.45, 7) is 12.7. The SMILES string of the molecule is CCCCCCCCCCC(C)(C)C(=O)Nc1cc(OC)cc(C(C)(C)C)c1OCOC. The highest BCUT2D eigenvalue weighted by atomic mass is 16.7. The van der Waals surface area contributed by atoms with Crippen LogP contribution in [-0.2, 0) is 14.9 Å². The van der Waals surface area contributed by atoms with Gasteiger partial charge in [0.1, 0.15) is 11.5 Å². The molecule has 0 bridgehead atoms. The van der Waals surface area contributed by atoms with E-state index in [0.717, 1.165) is 18.4 Å². The van der Waals surface area contributed by atoms with Crippen molar-refractivity contribution in [3.63, 3.8) is 0 Å². The molecule has 32 heavy (non-hydrogen) atoms. The summed E-state index contributed by atoms with van der Waals surface area (Å²) in [4.78, 5) is 13.2. The number of ether oxygens (including phenoxy) is 3. The molecule has 1 aromatic rings. The fourth-order valence-corrected chi connectivity index (χ4v) is 3.75. The van der Waals surface area contributed by atoms with Gasteiger partial charge in [-0.2, -0.15) is 0 Å². The van der Waals surface area contributed by atoms with E-state index in [1.165, 1.54) is 44.9 Å². The Bertz CT molecular complexity index is 692. The number of amides is 1. The lowest BCUT2D eigenvalue weighted by molar-refractivity contribution is -0.124. The van der Waals surface area contributed by atoms with Gasteiger partial charge < -0.3 is 19.5 Å². The molecule has 0 fully saturated rings. The van der Waals surface area contributed by atoms with Crippen LogP contribution in [0, 0.1) is 5.41 Å². The van der Waals surface area contributed by atoms with E-state index in [1.54, 1.807) is 14.2 Å². The largest absolute Gasteiger partial charge is 0.497 e. The molecule has 1 amide bonds. The van der Waals surface area contributed by atoms with Crippen LogP contribution in [0.15, 0.2) is 12.1 Å². The molecule has 0 aromatic heterocycles. The predicted octanol–water partition coefficient (Wildman–Crippen LogP) is 7.47. The summed E-state index contributed by atoms with van der Waals surface area (Å²) in [5.41, 5.74) is 0.931. The summed E-state index contributed by atoms with van der Waals surface area (Å²) in [6, 6.07) is 3.79. The van der Waals surface area contributed by atoms with Crippen LogP contribution in [0.5, 0.6) is 11.5 Å². The van der Waals surface area contributed by atoms with E-state index < -0.39 is 5.41 Å². The monoisotopic (exact) mass is 449 g/mol. The normalized spacial score (nSPS) is 12.0. The molecule has 1 N–H and O–H groups in total. The zero-order valence-electron chi connectivity index (χ0n) is 21.9. The third-order valence-electron chi connectivity index (χ3n) is 5.95. The highest BCUT2D eigenvalue weighted by Crippen LogP contribution is 2.41. The number of hydrogen-bond acceptors (Lipinski definition) is 4. The van der Waals surface area contributed by atoms with Crippen LogP contribution >= 0.6 is 0 Å². The van der Waals surface area contributed by atoms with Crippen LogP contribution in [0.3, 0.4) is 0 Å². The molecule has 0 unspecified atom stereocenters. The lowest BCUT2D eigenvalue weighted by Crippen LogP contribution is -2.31. The average Bonchev–Trinajstić information content (AvgIpc) is 2.73. The molecule has 1 aromatic carbocycles. The Kier molecular flexibility index (Phi) is 12.1. The Morgan fingerprint density at radius 2 is 1.50 bits per heavy atom. The molecule has 5 heteroatoms. The first kappa shape index (κ1) is 28.3. The zero-order valence-corrected chi connectivity index (χ0v) is 21.9. The van der Waals surface area contributed by atoms with Gasteiger partial charge in [0.25, 0.3) is 0 Å². The molecular formula is C27H47NO4. The Hall–Kier alpha value is -1.75. The summed E-state index contributed by atoms with van der Waals surface area (Å²) < 4.78 is 16.6. The standard InChI is InChI=1S/C27H47NO4/c1-9-10-11-12-13-14-15-16-17-27(5,6)25(29)28-23-19-21(31-8)18-22(26(2,3)4)24(23)32-20-30-7/h18-19H,9-17,20H2,1-8H3,(H,28,29). The maximum absolute atomic E-state index is 13.2. The Morgan fingerprint density at radius 1 is 0.906 bits per heavy atom. The van der Waals surface area contributed by atoms with Crippen molar-refractivity contribution in [2.24, 2.45) is 5.41 Å². The minimum atomic E-state index is -0.467. The molecule has 0 aliphatic carbocycles. The average molecular weight is 450 g/mol. The molecule has 0 aliphatic rings. The molecule has 0 radical (unpaired) electrons. The van der Waals surface area contributed by atoms with Gasteiger partial charge in [0.2, 0.25) is 5.91 Å². The minimum absolute atomic E-state index is 0.00387. The van der Waals surface area contributed by atoms with Crippen molar-refractivity contribution in [1.82, 2.24) is 0 Å². The van der Waals surface area contributed by atoms with E-state index in [4.69, 9.17) is 14.2 Å². The van der Waals surface area contributed by atoms with Crippen molar-refractivity contribution < 1.29 is 19.0 Å². The Balaban J connectivity index is 2.86. The molecule has 0 spiro atoms. The number of unbranched alkanes of at least 4 members (excludes halogenated alkanes) is 7. The second-order valence-corrected chi connectivity index (χ2v) is 10.4. The number of nitrogens with one attached hydrogen (secondary N) is 1. The van der Waals surface area contributed by atoms with Gasteiger partial charge in [0.05, 0.1) is 12.8 Å². The number of carbonyl (C=O) groups is 1. The predicted molar refractivity (Wildman–Crippen MR) is 134 cm³/mol. The summed E-state index contributed by atoms with van der Waals surface area (Å²) >= 11 is 0. The summed E-state index contributed by atoms with van der Waals surface area (Å²) in [6.07, 6.45) is 10.9. The van der Waals surface area contributed by atoms with Crippen LogP contribution in [-0.4, -0.2) is 26.9 Å². The molecule has 1 rings (SSSR count). The molecule has 0 atom stereocenters. The van der Waals surface area contributed by atoms with E-state index in [1.807, 2.05) is 26.0 Å². The van der Waals surface area contributed by atoms with Crippen LogP contribution in [0.2, 0.25) is 0 Å². The first-order chi connectivity index (χ1) is 15.1. The van der Waals surface area contributed by atoms with Gasteiger partial charge in [-0.1, -0.05) is 92.9 Å². The van der Waals surface area contributed by atoms with E-state index in [0.29, 0.717) is 17.2 Å². The van der Waals surface area contributed by atoms with Gasteiger partial charge in [-0.3, -0.25) is 4.79 Å². The lowest BCUT2D eigenvalue weighted by Gasteiger charge is -2.28. The Morgan fingerprint density at radius 3 is 2.03 bits per heavy atom. The second kappa shape index (κ2) is 13.7. The quantitative estimate of drug-likeness (QED) is 0.223. The highest BCUT2D eigenvalue weighted by molar-refractivity contribution is 5.96. The molecule has 0 aliphatic heterocycles. The van der Waals surface area contributed by atoms with Crippen molar-refractivity contribution in [2.45, 2.75) is 105 Å². The van der Waals surface area contributed by atoms with E-state index in [2.05, 4.69) is 33.0 Å². The fourth-order valence-electron chi connectivity index (χ4n) is 3.75. The van der Waals surface area contributed by atoms with Crippen molar-refractivity contribution >= 4 is 11.6 Å². The van der Waals surface area contributed by atoms with E-state index in [9.17, 15) is 4.79 Å². The number of methoxy groups -OCH3 is 2. The van der Waals surface area contributed by atoms with Gasteiger partial charge >= 0.3 is 0 Å². The van der Waals surface area contributed by atoms with Crippen LogP contribution < -0.4 is 14.8 Å². The van der Waals surface area contributed by atoms with Crippen LogP contribution in [0.1, 0.15) is 105 Å². The summed E-state index contributed by atoms with van der Waals surface area (Å²) in [7, 11) is 3.22. The third-order valence-corrected chi connectivity index (χ3v) is 5.95. The number of rotatable bonds is 15. The first-order valence-corrected chi connectivity index (χ1v) is 12.2. The highest BCUT2D eigenvalue weighted by Gasteiger charge is 2.30. The zero-order chi connectivity index (χ0) is 24.2. The third kappa shape index (κ3) is 9.40. The summed E-state index contributed by atoms with van der Waals surface area (Å²) in [5, 5.41) is 3.12. The first-order valence-electron chi connectivity index (χ1n) is 12.2. The number of benzene rings is 1. The van der Waals surface area contributed by atoms with Gasteiger partial charge in [0, 0.05) is 24.2 Å². The Labute approximate surface area is 196 Å². The fraction of sp³-hybridized carbons (Fsp3) is 0.741. The topological polar surface area (TPSA) is 56.8 Å². The maximum atomic E-state index is 13.2. The minimum Gasteiger partial charge on any atom is -0.497 e. The van der Waals surface area contributed by atoms with Gasteiger partial charge in [-0.25, -0.2) is 0 Å². The van der Waals surface area contributed by atoms with Crippen molar-refractivity contribution in [2.75, 3.05) is 26.3 Å². The molecule has 0 saturated carbocycles. The molecule has 5 nitrogen and oxygen atoms in total. The number of hydrogen-bond donors (Lipinski definition) is 1. The van der Waals surface area contributed by atoms with Crippen LogP contribution in [0.25, 0.3) is 0 Å². The van der Waals surface area contributed by atoms with E-state index in [-0.39, 0.29) is 18.1 Å². The molecule has 184 valence electrons. The molecule has 0 saturated heterocycles. The van der Waals surface area contributed by atoms with E-state index >= 15 is 0 Å². The summed E-state index contributed by atoms with van der Waals surface area (Å²) in [5.74, 6) is 1.32. The molecular weight excluding hydrogens is 402 g/mol. The smallest absolute Gasteiger partial charge is 0.230 e. The van der Waals surface area contributed by atoms with Crippen LogP contribution in [0.4, 0.5) is 5.69 Å². The van der Waals surface area contributed by atoms with Crippen molar-refractivity contribution in [1.29, 1.82) is 0 Å². The van der Waals surface area contributed by atoms with Gasteiger partial charge in [-0.05, 0) is 17.9 Å². The maximum Gasteiger partial charge on any atom is 0.230 e.